The highest BCUT2D eigenvalue weighted by molar-refractivity contribution is 7.89. The summed E-state index contributed by atoms with van der Waals surface area (Å²) in [6.07, 6.45) is 1.47. The van der Waals surface area contributed by atoms with Crippen LogP contribution in [0.25, 0.3) is 0 Å². The first-order chi connectivity index (χ1) is 6.70. The maximum atomic E-state index is 11.7. The van der Waals surface area contributed by atoms with Crippen molar-refractivity contribution in [1.82, 2.24) is 4.72 Å². The second-order valence-electron chi connectivity index (χ2n) is 5.12. The van der Waals surface area contributed by atoms with Gasteiger partial charge in [-0.3, -0.25) is 0 Å². The molecule has 1 atom stereocenters. The van der Waals surface area contributed by atoms with Crippen LogP contribution in [0.3, 0.4) is 0 Å². The van der Waals surface area contributed by atoms with Crippen LogP contribution in [-0.4, -0.2) is 26.8 Å². The molecule has 0 radical (unpaired) electrons. The summed E-state index contributed by atoms with van der Waals surface area (Å²) in [6.45, 7) is 8.21. The Hall–Kier alpha value is -0.130. The lowest BCUT2D eigenvalue weighted by Crippen LogP contribution is -2.40. The highest BCUT2D eigenvalue weighted by Gasteiger charge is 2.23. The van der Waals surface area contributed by atoms with Gasteiger partial charge >= 0.3 is 0 Å². The van der Waals surface area contributed by atoms with E-state index in [1.807, 2.05) is 27.7 Å². The van der Waals surface area contributed by atoms with Crippen molar-refractivity contribution in [3.63, 3.8) is 0 Å². The van der Waals surface area contributed by atoms with Gasteiger partial charge in [-0.25, -0.2) is 13.1 Å². The fourth-order valence-electron chi connectivity index (χ4n) is 1.41. The predicted octanol–water partition coefficient (Wildman–Crippen LogP) is 1.08. The van der Waals surface area contributed by atoms with Crippen molar-refractivity contribution in [2.45, 2.75) is 46.6 Å². The predicted molar refractivity (Wildman–Crippen MR) is 64.1 cm³/mol. The van der Waals surface area contributed by atoms with Gasteiger partial charge in [0.05, 0.1) is 5.75 Å². The van der Waals surface area contributed by atoms with E-state index in [1.165, 1.54) is 0 Å². The molecule has 0 saturated heterocycles. The van der Waals surface area contributed by atoms with E-state index in [2.05, 4.69) is 4.72 Å². The molecule has 4 nitrogen and oxygen atoms in total. The van der Waals surface area contributed by atoms with Crippen molar-refractivity contribution in [3.05, 3.63) is 0 Å². The molecule has 1 unspecified atom stereocenters. The minimum absolute atomic E-state index is 0.0256. The Morgan fingerprint density at radius 3 is 2.20 bits per heavy atom. The number of hydrogen-bond donors (Lipinski definition) is 2. The summed E-state index contributed by atoms with van der Waals surface area (Å²) in [7, 11) is -3.18. The SMILES string of the molecule is CCC(CCN)NS(=O)(=O)CC(C)(C)C. The monoisotopic (exact) mass is 236 g/mol. The van der Waals surface area contributed by atoms with E-state index >= 15 is 0 Å². The molecular formula is C10H24N2O2S. The summed E-state index contributed by atoms with van der Waals surface area (Å²) in [4.78, 5) is 0. The first-order valence-electron chi connectivity index (χ1n) is 5.40. The van der Waals surface area contributed by atoms with Crippen LogP contribution in [0.1, 0.15) is 40.5 Å². The van der Waals surface area contributed by atoms with Crippen LogP contribution in [0.4, 0.5) is 0 Å². The molecule has 0 saturated carbocycles. The van der Waals surface area contributed by atoms with Crippen LogP contribution in [0, 0.1) is 5.41 Å². The van der Waals surface area contributed by atoms with Crippen molar-refractivity contribution < 1.29 is 8.42 Å². The van der Waals surface area contributed by atoms with Crippen LogP contribution in [0.15, 0.2) is 0 Å². The molecule has 0 aromatic carbocycles. The van der Waals surface area contributed by atoms with Gasteiger partial charge in [-0.2, -0.15) is 0 Å². The van der Waals surface area contributed by atoms with E-state index in [1.54, 1.807) is 0 Å². The normalized spacial score (nSPS) is 15.3. The molecule has 0 bridgehead atoms. The van der Waals surface area contributed by atoms with Gasteiger partial charge in [-0.15, -0.1) is 0 Å². The van der Waals surface area contributed by atoms with Gasteiger partial charge in [0.25, 0.3) is 0 Å². The summed E-state index contributed by atoms with van der Waals surface area (Å²) in [6, 6.07) is -0.0256. The molecule has 0 aliphatic heterocycles. The summed E-state index contributed by atoms with van der Waals surface area (Å²) < 4.78 is 26.2. The molecule has 3 N–H and O–H groups in total. The largest absolute Gasteiger partial charge is 0.330 e. The number of sulfonamides is 1. The van der Waals surface area contributed by atoms with Gasteiger partial charge in [0.1, 0.15) is 0 Å². The molecule has 0 spiro atoms. The average molecular weight is 236 g/mol. The lowest BCUT2D eigenvalue weighted by atomic mass is 10.0. The summed E-state index contributed by atoms with van der Waals surface area (Å²) in [5.41, 5.74) is 5.20. The van der Waals surface area contributed by atoms with Crippen LogP contribution >= 0.6 is 0 Å². The van der Waals surface area contributed by atoms with Gasteiger partial charge in [-0.1, -0.05) is 27.7 Å². The van der Waals surface area contributed by atoms with E-state index < -0.39 is 10.0 Å². The molecule has 15 heavy (non-hydrogen) atoms. The lowest BCUT2D eigenvalue weighted by Gasteiger charge is -2.21. The van der Waals surface area contributed by atoms with Gasteiger partial charge < -0.3 is 5.73 Å². The average Bonchev–Trinajstić information content (AvgIpc) is 1.98. The number of nitrogens with two attached hydrogens (primary N) is 1. The maximum Gasteiger partial charge on any atom is 0.212 e. The quantitative estimate of drug-likeness (QED) is 0.725. The Bertz CT molecular complexity index is 268. The van der Waals surface area contributed by atoms with Crippen molar-refractivity contribution >= 4 is 10.0 Å². The van der Waals surface area contributed by atoms with E-state index in [0.717, 1.165) is 6.42 Å². The number of hydrogen-bond acceptors (Lipinski definition) is 3. The third-order valence-electron chi connectivity index (χ3n) is 1.98. The molecule has 0 aromatic heterocycles. The van der Waals surface area contributed by atoms with Crippen LogP contribution in [-0.2, 0) is 10.0 Å². The second kappa shape index (κ2) is 5.82. The molecular weight excluding hydrogens is 212 g/mol. The highest BCUT2D eigenvalue weighted by atomic mass is 32.2. The lowest BCUT2D eigenvalue weighted by molar-refractivity contribution is 0.449. The maximum absolute atomic E-state index is 11.7. The Kier molecular flexibility index (Phi) is 5.77. The molecule has 0 heterocycles. The zero-order chi connectivity index (χ0) is 12.1. The minimum Gasteiger partial charge on any atom is -0.330 e. The highest BCUT2D eigenvalue weighted by Crippen LogP contribution is 2.16. The fourth-order valence-corrected chi connectivity index (χ4v) is 3.43. The summed E-state index contributed by atoms with van der Waals surface area (Å²) >= 11 is 0. The molecule has 0 aliphatic carbocycles. The fraction of sp³-hybridized carbons (Fsp3) is 1.00. The minimum atomic E-state index is -3.18. The molecule has 0 aromatic rings. The van der Waals surface area contributed by atoms with Crippen molar-refractivity contribution in [2.75, 3.05) is 12.3 Å². The van der Waals surface area contributed by atoms with Crippen molar-refractivity contribution in [3.8, 4) is 0 Å². The first kappa shape index (κ1) is 14.9. The van der Waals surface area contributed by atoms with Gasteiger partial charge in [0, 0.05) is 6.04 Å². The Balaban J connectivity index is 4.36. The second-order valence-corrected chi connectivity index (χ2v) is 6.87. The molecule has 0 aliphatic rings. The third-order valence-corrected chi connectivity index (χ3v) is 3.92. The van der Waals surface area contributed by atoms with Gasteiger partial charge in [-0.05, 0) is 24.8 Å². The molecule has 0 fully saturated rings. The van der Waals surface area contributed by atoms with Crippen LogP contribution < -0.4 is 10.5 Å². The van der Waals surface area contributed by atoms with Gasteiger partial charge in [0.15, 0.2) is 0 Å². The Morgan fingerprint density at radius 2 is 1.87 bits per heavy atom. The van der Waals surface area contributed by atoms with E-state index in [9.17, 15) is 8.42 Å². The van der Waals surface area contributed by atoms with E-state index in [0.29, 0.717) is 13.0 Å². The number of rotatable bonds is 6. The third kappa shape index (κ3) is 7.76. The standard InChI is InChI=1S/C10H24N2O2S/c1-5-9(6-7-11)12-15(13,14)8-10(2,3)4/h9,12H,5-8,11H2,1-4H3. The summed E-state index contributed by atoms with van der Waals surface area (Å²) in [5, 5.41) is 0. The smallest absolute Gasteiger partial charge is 0.212 e. The zero-order valence-electron chi connectivity index (χ0n) is 10.2. The summed E-state index contributed by atoms with van der Waals surface area (Å²) in [5.74, 6) is 0.154. The van der Waals surface area contributed by atoms with Crippen LogP contribution in [0.2, 0.25) is 0 Å². The first-order valence-corrected chi connectivity index (χ1v) is 7.05. The van der Waals surface area contributed by atoms with Crippen molar-refractivity contribution in [2.24, 2.45) is 11.1 Å². The van der Waals surface area contributed by atoms with Gasteiger partial charge in [0.2, 0.25) is 10.0 Å². The topological polar surface area (TPSA) is 72.2 Å². The number of nitrogens with one attached hydrogen (secondary N) is 1. The van der Waals surface area contributed by atoms with E-state index in [-0.39, 0.29) is 17.2 Å². The molecule has 0 amide bonds. The molecule has 0 rings (SSSR count). The van der Waals surface area contributed by atoms with Crippen molar-refractivity contribution in [1.29, 1.82) is 0 Å². The van der Waals surface area contributed by atoms with E-state index in [4.69, 9.17) is 5.73 Å². The Morgan fingerprint density at radius 1 is 1.33 bits per heavy atom. The molecule has 5 heteroatoms. The molecule has 92 valence electrons. The van der Waals surface area contributed by atoms with Crippen LogP contribution in [0.5, 0.6) is 0 Å². The Labute approximate surface area is 93.7 Å². The zero-order valence-corrected chi connectivity index (χ0v) is 11.0.